The van der Waals surface area contributed by atoms with Crippen LogP contribution in [-0.2, 0) is 28.6 Å². The number of ether oxygens (including phenoxy) is 3. The van der Waals surface area contributed by atoms with Gasteiger partial charge in [0.25, 0.3) is 0 Å². The summed E-state index contributed by atoms with van der Waals surface area (Å²) in [4.78, 5) is 34.3. The molecule has 0 saturated carbocycles. The smallest absolute Gasteiger partial charge is 0.309 e. The van der Waals surface area contributed by atoms with Crippen molar-refractivity contribution >= 4 is 17.9 Å². The van der Waals surface area contributed by atoms with E-state index in [2.05, 4.69) is 0 Å². The fourth-order valence-electron chi connectivity index (χ4n) is 1.51. The Labute approximate surface area is 138 Å². The maximum Gasteiger partial charge on any atom is 0.309 e. The van der Waals surface area contributed by atoms with Crippen molar-refractivity contribution in [1.82, 2.24) is 0 Å². The molecule has 23 heavy (non-hydrogen) atoms. The molecular weight excluding hydrogens is 300 g/mol. The Kier molecular flexibility index (Phi) is 8.87. The molecular formula is C17H30O6. The molecule has 0 aliphatic carbocycles. The molecule has 0 atom stereocenters. The van der Waals surface area contributed by atoms with Crippen LogP contribution in [0.15, 0.2) is 0 Å². The molecule has 0 aromatic rings. The molecule has 0 aromatic heterocycles. The lowest BCUT2D eigenvalue weighted by molar-refractivity contribution is -0.157. The molecule has 0 rings (SSSR count). The van der Waals surface area contributed by atoms with Crippen LogP contribution in [0.3, 0.4) is 0 Å². The number of esters is 3. The molecule has 6 nitrogen and oxygen atoms in total. The summed E-state index contributed by atoms with van der Waals surface area (Å²) in [5, 5.41) is 0. The van der Waals surface area contributed by atoms with Gasteiger partial charge >= 0.3 is 17.9 Å². The molecule has 0 aliphatic rings. The Bertz CT molecular complexity index is 400. The third-order valence-electron chi connectivity index (χ3n) is 2.64. The molecule has 0 aromatic carbocycles. The molecule has 0 amide bonds. The molecule has 134 valence electrons. The van der Waals surface area contributed by atoms with Crippen LogP contribution in [0.4, 0.5) is 0 Å². The van der Waals surface area contributed by atoms with E-state index in [-0.39, 0.29) is 37.4 Å². The van der Waals surface area contributed by atoms with Crippen molar-refractivity contribution in [3.63, 3.8) is 0 Å². The highest BCUT2D eigenvalue weighted by Crippen LogP contribution is 2.20. The summed E-state index contributed by atoms with van der Waals surface area (Å²) in [7, 11) is 0. The van der Waals surface area contributed by atoms with Crippen LogP contribution in [0.25, 0.3) is 0 Å². The zero-order chi connectivity index (χ0) is 18.1. The lowest BCUT2D eigenvalue weighted by Gasteiger charge is -2.19. The Morgan fingerprint density at radius 1 is 0.696 bits per heavy atom. The van der Waals surface area contributed by atoms with E-state index in [9.17, 15) is 14.4 Å². The first-order valence-electron chi connectivity index (χ1n) is 7.92. The second-order valence-corrected chi connectivity index (χ2v) is 7.59. The van der Waals surface area contributed by atoms with Crippen molar-refractivity contribution in [2.24, 2.45) is 5.41 Å². The van der Waals surface area contributed by atoms with Crippen LogP contribution in [0, 0.1) is 5.41 Å². The standard InChI is InChI=1S/C17H30O6/c1-16(2,3)10-7-13(18)21-11-8-14(19)22-12-9-15(20)23-17(4,5)6/h7-12H2,1-6H3. The summed E-state index contributed by atoms with van der Waals surface area (Å²) in [5.41, 5.74) is -0.484. The zero-order valence-corrected chi connectivity index (χ0v) is 15.2. The largest absolute Gasteiger partial charge is 0.465 e. The van der Waals surface area contributed by atoms with Gasteiger partial charge in [0, 0.05) is 6.42 Å². The molecule has 0 bridgehead atoms. The van der Waals surface area contributed by atoms with Crippen LogP contribution in [-0.4, -0.2) is 36.7 Å². The van der Waals surface area contributed by atoms with Crippen molar-refractivity contribution in [2.45, 2.75) is 72.8 Å². The minimum Gasteiger partial charge on any atom is -0.465 e. The number of hydrogen-bond acceptors (Lipinski definition) is 6. The maximum absolute atomic E-state index is 11.5. The van der Waals surface area contributed by atoms with Gasteiger partial charge in [-0.2, -0.15) is 0 Å². The van der Waals surface area contributed by atoms with Gasteiger partial charge in [-0.25, -0.2) is 0 Å². The van der Waals surface area contributed by atoms with E-state index in [1.807, 2.05) is 20.8 Å². The highest BCUT2D eigenvalue weighted by Gasteiger charge is 2.17. The number of rotatable bonds is 8. The van der Waals surface area contributed by atoms with E-state index in [1.165, 1.54) is 0 Å². The summed E-state index contributed by atoms with van der Waals surface area (Å²) in [6.07, 6.45) is 1.05. The second kappa shape index (κ2) is 9.53. The molecule has 0 radical (unpaired) electrons. The average molecular weight is 330 g/mol. The van der Waals surface area contributed by atoms with E-state index < -0.39 is 17.5 Å². The summed E-state index contributed by atoms with van der Waals surface area (Å²) >= 11 is 0. The van der Waals surface area contributed by atoms with Crippen molar-refractivity contribution in [2.75, 3.05) is 13.2 Å². The second-order valence-electron chi connectivity index (χ2n) is 7.59. The van der Waals surface area contributed by atoms with E-state index in [4.69, 9.17) is 14.2 Å². The van der Waals surface area contributed by atoms with Gasteiger partial charge in [0.05, 0.1) is 12.8 Å². The molecule has 0 unspecified atom stereocenters. The predicted molar refractivity (Wildman–Crippen MR) is 85.7 cm³/mol. The highest BCUT2D eigenvalue weighted by molar-refractivity contribution is 5.73. The SMILES string of the molecule is CC(C)(C)CCC(=O)OCCC(=O)OCCC(=O)OC(C)(C)C. The first kappa shape index (κ1) is 21.4. The molecule has 0 aliphatic heterocycles. The fourth-order valence-corrected chi connectivity index (χ4v) is 1.51. The first-order valence-corrected chi connectivity index (χ1v) is 7.92. The Balaban J connectivity index is 3.72. The van der Waals surface area contributed by atoms with Gasteiger partial charge in [-0.1, -0.05) is 20.8 Å². The summed E-state index contributed by atoms with van der Waals surface area (Å²) in [6.45, 7) is 11.4. The number of carbonyl (C=O) groups is 3. The molecule has 6 heteroatoms. The van der Waals surface area contributed by atoms with E-state index in [1.54, 1.807) is 20.8 Å². The molecule has 0 N–H and O–H groups in total. The fraction of sp³-hybridized carbons (Fsp3) is 0.824. The quantitative estimate of drug-likeness (QED) is 0.503. The average Bonchev–Trinajstić information content (AvgIpc) is 2.33. The Hall–Kier alpha value is -1.59. The zero-order valence-electron chi connectivity index (χ0n) is 15.2. The maximum atomic E-state index is 11.5. The third kappa shape index (κ3) is 15.1. The van der Waals surface area contributed by atoms with Crippen molar-refractivity contribution in [3.8, 4) is 0 Å². The summed E-state index contributed by atoms with van der Waals surface area (Å²) in [5.74, 6) is -1.24. The Morgan fingerprint density at radius 3 is 1.57 bits per heavy atom. The number of carbonyl (C=O) groups excluding carboxylic acids is 3. The summed E-state index contributed by atoms with van der Waals surface area (Å²) < 4.78 is 14.9. The van der Waals surface area contributed by atoms with Crippen LogP contribution < -0.4 is 0 Å². The Morgan fingerprint density at radius 2 is 1.13 bits per heavy atom. The van der Waals surface area contributed by atoms with Gasteiger partial charge in [-0.05, 0) is 32.6 Å². The predicted octanol–water partition coefficient (Wildman–Crippen LogP) is 3.02. The van der Waals surface area contributed by atoms with Crippen LogP contribution >= 0.6 is 0 Å². The first-order chi connectivity index (χ1) is 10.4. The van der Waals surface area contributed by atoms with Crippen LogP contribution in [0.1, 0.15) is 67.2 Å². The van der Waals surface area contributed by atoms with Gasteiger partial charge in [-0.15, -0.1) is 0 Å². The molecule has 0 saturated heterocycles. The number of hydrogen-bond donors (Lipinski definition) is 0. The van der Waals surface area contributed by atoms with Crippen LogP contribution in [0.2, 0.25) is 0 Å². The lowest BCUT2D eigenvalue weighted by atomic mass is 9.91. The van der Waals surface area contributed by atoms with Gasteiger partial charge in [-0.3, -0.25) is 14.4 Å². The van der Waals surface area contributed by atoms with E-state index in [0.29, 0.717) is 6.42 Å². The minimum absolute atomic E-state index is 0.00571. The van der Waals surface area contributed by atoms with E-state index in [0.717, 1.165) is 6.42 Å². The van der Waals surface area contributed by atoms with Crippen molar-refractivity contribution in [1.29, 1.82) is 0 Å². The van der Waals surface area contributed by atoms with Gasteiger partial charge in [0.1, 0.15) is 18.8 Å². The van der Waals surface area contributed by atoms with Gasteiger partial charge < -0.3 is 14.2 Å². The highest BCUT2D eigenvalue weighted by atomic mass is 16.6. The van der Waals surface area contributed by atoms with Crippen LogP contribution in [0.5, 0.6) is 0 Å². The molecule has 0 spiro atoms. The van der Waals surface area contributed by atoms with Crippen molar-refractivity contribution < 1.29 is 28.6 Å². The summed E-state index contributed by atoms with van der Waals surface area (Å²) in [6, 6.07) is 0. The van der Waals surface area contributed by atoms with Gasteiger partial charge in [0.2, 0.25) is 0 Å². The molecule has 0 heterocycles. The molecule has 0 fully saturated rings. The normalized spacial score (nSPS) is 11.7. The topological polar surface area (TPSA) is 78.9 Å². The minimum atomic E-state index is -0.553. The van der Waals surface area contributed by atoms with Gasteiger partial charge in [0.15, 0.2) is 0 Å². The van der Waals surface area contributed by atoms with E-state index >= 15 is 0 Å². The van der Waals surface area contributed by atoms with Crippen molar-refractivity contribution in [3.05, 3.63) is 0 Å². The third-order valence-corrected chi connectivity index (χ3v) is 2.64. The lowest BCUT2D eigenvalue weighted by Crippen LogP contribution is -2.25. The monoisotopic (exact) mass is 330 g/mol.